The Hall–Kier alpha value is -2.78. The average Bonchev–Trinajstić information content (AvgIpc) is 2.88. The second-order valence-electron chi connectivity index (χ2n) is 8.25. The molecule has 2 unspecified atom stereocenters. The molecule has 1 saturated heterocycles. The molecule has 3 heteroatoms. The van der Waals surface area contributed by atoms with Crippen molar-refractivity contribution in [2.75, 3.05) is 11.4 Å². The van der Waals surface area contributed by atoms with Crippen molar-refractivity contribution >= 4 is 27.6 Å². The molecule has 1 aromatic heterocycles. The van der Waals surface area contributed by atoms with E-state index in [4.69, 9.17) is 4.42 Å². The molecule has 3 nitrogen and oxygen atoms in total. The van der Waals surface area contributed by atoms with Gasteiger partial charge in [-0.05, 0) is 55.2 Å². The number of furan rings is 1. The number of fused-ring (bicyclic) bond motifs is 5. The Kier molecular flexibility index (Phi) is 3.39. The number of nitrogens with zero attached hydrogens (tertiary/aromatic N) is 2. The van der Waals surface area contributed by atoms with Crippen LogP contribution in [-0.4, -0.2) is 17.6 Å². The molecule has 4 aromatic rings. The first-order valence-electron chi connectivity index (χ1n) is 10.2. The van der Waals surface area contributed by atoms with Crippen LogP contribution in [-0.2, 0) is 6.54 Å². The summed E-state index contributed by atoms with van der Waals surface area (Å²) < 4.78 is 6.12. The highest BCUT2D eigenvalue weighted by Crippen LogP contribution is 2.44. The Bertz CT molecular complexity index is 1210. The summed E-state index contributed by atoms with van der Waals surface area (Å²) in [5, 5.41) is 2.42. The first-order chi connectivity index (χ1) is 13.7. The first-order valence-corrected chi connectivity index (χ1v) is 10.2. The van der Waals surface area contributed by atoms with E-state index in [0.29, 0.717) is 12.2 Å². The summed E-state index contributed by atoms with van der Waals surface area (Å²) in [6, 6.07) is 22.4. The van der Waals surface area contributed by atoms with Gasteiger partial charge in [-0.3, -0.25) is 4.90 Å². The van der Waals surface area contributed by atoms with Crippen molar-refractivity contribution in [1.82, 2.24) is 4.90 Å². The van der Waals surface area contributed by atoms with Crippen LogP contribution in [0.4, 0.5) is 5.69 Å². The standard InChI is InChI=1S/C25H24N2O/c1-16-13-25-21(20-9-5-6-10-24(20)28-25)14-23(16)27-17(2)26-12-11-22(27)19-8-4-3-7-18(19)15-26/h3-10,13-14,17,22H,11-12,15H2,1-2H3/t17-,22?/m0/s1. The Morgan fingerprint density at radius 3 is 2.68 bits per heavy atom. The fourth-order valence-electron chi connectivity index (χ4n) is 5.30. The van der Waals surface area contributed by atoms with E-state index in [-0.39, 0.29) is 0 Å². The third-order valence-corrected chi connectivity index (χ3v) is 6.72. The fraction of sp³-hybridized carbons (Fsp3) is 0.280. The van der Waals surface area contributed by atoms with Gasteiger partial charge >= 0.3 is 0 Å². The van der Waals surface area contributed by atoms with Crippen LogP contribution in [0.2, 0.25) is 0 Å². The van der Waals surface area contributed by atoms with Crippen LogP contribution in [0.15, 0.2) is 65.1 Å². The molecule has 7 rings (SSSR count). The van der Waals surface area contributed by atoms with Crippen LogP contribution in [0.3, 0.4) is 0 Å². The van der Waals surface area contributed by atoms with Gasteiger partial charge in [-0.2, -0.15) is 0 Å². The Morgan fingerprint density at radius 2 is 1.75 bits per heavy atom. The maximum atomic E-state index is 6.12. The zero-order chi connectivity index (χ0) is 18.8. The van der Waals surface area contributed by atoms with E-state index >= 15 is 0 Å². The third kappa shape index (κ3) is 2.20. The van der Waals surface area contributed by atoms with Gasteiger partial charge in [0.05, 0.1) is 12.2 Å². The maximum absolute atomic E-state index is 6.12. The molecule has 0 radical (unpaired) electrons. The number of para-hydroxylation sites is 1. The summed E-state index contributed by atoms with van der Waals surface area (Å²) in [5.41, 5.74) is 7.53. The molecule has 28 heavy (non-hydrogen) atoms. The van der Waals surface area contributed by atoms with E-state index in [1.807, 2.05) is 6.07 Å². The van der Waals surface area contributed by atoms with Crippen molar-refractivity contribution in [3.63, 3.8) is 0 Å². The maximum Gasteiger partial charge on any atom is 0.135 e. The summed E-state index contributed by atoms with van der Waals surface area (Å²) >= 11 is 0. The predicted octanol–water partition coefficient (Wildman–Crippen LogP) is 6.01. The summed E-state index contributed by atoms with van der Waals surface area (Å²) in [6.07, 6.45) is 1.55. The van der Waals surface area contributed by atoms with Crippen LogP contribution in [0.25, 0.3) is 21.9 Å². The van der Waals surface area contributed by atoms with E-state index in [0.717, 1.165) is 24.3 Å². The topological polar surface area (TPSA) is 19.6 Å². The first kappa shape index (κ1) is 16.2. The molecule has 3 aliphatic rings. The molecular weight excluding hydrogens is 344 g/mol. The average molecular weight is 368 g/mol. The third-order valence-electron chi connectivity index (χ3n) is 6.72. The highest BCUT2D eigenvalue weighted by atomic mass is 16.3. The van der Waals surface area contributed by atoms with Gasteiger partial charge in [0.15, 0.2) is 0 Å². The Balaban J connectivity index is 1.58. The van der Waals surface area contributed by atoms with Gasteiger partial charge in [-0.1, -0.05) is 42.5 Å². The second-order valence-corrected chi connectivity index (χ2v) is 8.25. The van der Waals surface area contributed by atoms with Crippen molar-refractivity contribution in [1.29, 1.82) is 0 Å². The molecule has 3 aliphatic heterocycles. The SMILES string of the molecule is Cc1cc2oc3ccccc3c2cc1N1C2CCN(Cc3ccccc32)[C@@H]1C. The van der Waals surface area contributed by atoms with E-state index in [1.165, 1.54) is 39.6 Å². The molecule has 0 saturated carbocycles. The molecule has 0 aliphatic carbocycles. The molecule has 140 valence electrons. The molecule has 0 amide bonds. The Morgan fingerprint density at radius 1 is 0.929 bits per heavy atom. The quantitative estimate of drug-likeness (QED) is 0.410. The van der Waals surface area contributed by atoms with Crippen LogP contribution in [0.5, 0.6) is 0 Å². The lowest BCUT2D eigenvalue weighted by atomic mass is 9.95. The highest BCUT2D eigenvalue weighted by Gasteiger charge is 2.38. The van der Waals surface area contributed by atoms with E-state index in [9.17, 15) is 0 Å². The van der Waals surface area contributed by atoms with Gasteiger partial charge in [-0.25, -0.2) is 0 Å². The number of anilines is 1. The minimum atomic E-state index is 0.375. The summed E-state index contributed by atoms with van der Waals surface area (Å²) in [6.45, 7) is 6.77. The molecule has 0 spiro atoms. The highest BCUT2D eigenvalue weighted by molar-refractivity contribution is 6.06. The number of aryl methyl sites for hydroxylation is 1. The summed E-state index contributed by atoms with van der Waals surface area (Å²) in [7, 11) is 0. The van der Waals surface area contributed by atoms with Gasteiger partial charge in [0.2, 0.25) is 0 Å². The molecule has 4 heterocycles. The number of hydrogen-bond donors (Lipinski definition) is 0. The molecule has 0 N–H and O–H groups in total. The van der Waals surface area contributed by atoms with E-state index < -0.39 is 0 Å². The van der Waals surface area contributed by atoms with Gasteiger partial charge in [0.25, 0.3) is 0 Å². The number of hydrogen-bond acceptors (Lipinski definition) is 3. The lowest BCUT2D eigenvalue weighted by molar-refractivity contribution is 0.154. The van der Waals surface area contributed by atoms with Crippen molar-refractivity contribution < 1.29 is 4.42 Å². The summed E-state index contributed by atoms with van der Waals surface area (Å²) in [4.78, 5) is 5.26. The molecule has 3 atom stereocenters. The van der Waals surface area contributed by atoms with Crippen LogP contribution in [0.1, 0.15) is 36.1 Å². The number of rotatable bonds is 1. The van der Waals surface area contributed by atoms with Crippen LogP contribution in [0, 0.1) is 6.92 Å². The lowest BCUT2D eigenvalue weighted by Crippen LogP contribution is -2.51. The van der Waals surface area contributed by atoms with Crippen molar-refractivity contribution in [3.05, 3.63) is 77.4 Å². The zero-order valence-electron chi connectivity index (χ0n) is 16.4. The zero-order valence-corrected chi connectivity index (χ0v) is 16.4. The molecular formula is C25H24N2O. The van der Waals surface area contributed by atoms with Crippen molar-refractivity contribution in [2.24, 2.45) is 0 Å². The minimum Gasteiger partial charge on any atom is -0.456 e. The molecule has 1 fully saturated rings. The van der Waals surface area contributed by atoms with Crippen molar-refractivity contribution in [3.8, 4) is 0 Å². The van der Waals surface area contributed by atoms with Crippen LogP contribution >= 0.6 is 0 Å². The summed E-state index contributed by atoms with van der Waals surface area (Å²) in [5.74, 6) is 0. The number of benzene rings is 3. The normalized spacial score (nSPS) is 23.9. The minimum absolute atomic E-state index is 0.375. The largest absolute Gasteiger partial charge is 0.456 e. The van der Waals surface area contributed by atoms with Gasteiger partial charge in [-0.15, -0.1) is 0 Å². The second kappa shape index (κ2) is 5.86. The predicted molar refractivity (Wildman–Crippen MR) is 115 cm³/mol. The van der Waals surface area contributed by atoms with Gasteiger partial charge in [0.1, 0.15) is 11.2 Å². The van der Waals surface area contributed by atoms with Crippen molar-refractivity contribution in [2.45, 2.75) is 39.0 Å². The van der Waals surface area contributed by atoms with Crippen LogP contribution < -0.4 is 4.90 Å². The molecule has 2 bridgehead atoms. The fourth-order valence-corrected chi connectivity index (χ4v) is 5.30. The van der Waals surface area contributed by atoms with E-state index in [2.05, 4.69) is 78.2 Å². The van der Waals surface area contributed by atoms with E-state index in [1.54, 1.807) is 0 Å². The smallest absolute Gasteiger partial charge is 0.135 e. The van der Waals surface area contributed by atoms with Gasteiger partial charge in [0, 0.05) is 29.5 Å². The molecule has 3 aromatic carbocycles. The monoisotopic (exact) mass is 368 g/mol. The van der Waals surface area contributed by atoms with Gasteiger partial charge < -0.3 is 9.32 Å². The Labute approximate surface area is 165 Å². The lowest BCUT2D eigenvalue weighted by Gasteiger charge is -2.46.